The first-order valence-electron chi connectivity index (χ1n) is 7.15. The topological polar surface area (TPSA) is 0 Å². The van der Waals surface area contributed by atoms with Crippen LogP contribution in [0.25, 0.3) is 0 Å². The van der Waals surface area contributed by atoms with E-state index in [0.29, 0.717) is 10.3 Å². The maximum Gasteiger partial charge on any atom is 0 e. The first-order chi connectivity index (χ1) is 10.1. The molecule has 0 fully saturated rings. The summed E-state index contributed by atoms with van der Waals surface area (Å²) in [5.74, 6) is 0. The van der Waals surface area contributed by atoms with Crippen molar-refractivity contribution in [2.24, 2.45) is 0 Å². The van der Waals surface area contributed by atoms with E-state index in [1.807, 2.05) is 30.3 Å². The average Bonchev–Trinajstić information content (AvgIpc) is 3.01. The van der Waals surface area contributed by atoms with Gasteiger partial charge in [0.25, 0.3) is 0 Å². The molecule has 0 heterocycles. The van der Waals surface area contributed by atoms with Crippen molar-refractivity contribution in [2.45, 2.75) is 51.9 Å². The Kier molecular flexibility index (Phi) is 14.9. The van der Waals surface area contributed by atoms with Crippen molar-refractivity contribution in [3.05, 3.63) is 54.6 Å². The largest absolute Gasteiger partial charge is 0.748 e. The van der Waals surface area contributed by atoms with Gasteiger partial charge in [0.1, 0.15) is 0 Å². The summed E-state index contributed by atoms with van der Waals surface area (Å²) in [6, 6.07) is 18.9. The van der Waals surface area contributed by atoms with Crippen molar-refractivity contribution in [3.63, 3.8) is 0 Å². The minimum absolute atomic E-state index is 0. The molecule has 0 unspecified atom stereocenters. The molecular formula is C18H27Cl2FePPd-6. The molecule has 0 aliphatic carbocycles. The Morgan fingerprint density at radius 1 is 0.783 bits per heavy atom. The summed E-state index contributed by atoms with van der Waals surface area (Å²) in [5, 5.41) is 2.32. The molecule has 0 aromatic heterocycles. The van der Waals surface area contributed by atoms with E-state index in [-0.39, 0.29) is 40.9 Å². The third kappa shape index (κ3) is 12.0. The first-order valence-corrected chi connectivity index (χ1v) is 12.5. The number of hydrogen-bond donors (Lipinski definition) is 0. The van der Waals surface area contributed by atoms with Crippen molar-refractivity contribution in [1.29, 1.82) is 0 Å². The first kappa shape index (κ1) is 26.1. The Balaban J connectivity index is 0. The molecular weight excluding hydrogens is 480 g/mol. The molecule has 0 amide bonds. The smallest absolute Gasteiger partial charge is 0 e. The second-order valence-corrected chi connectivity index (χ2v) is 13.1. The van der Waals surface area contributed by atoms with Crippen molar-refractivity contribution in [3.8, 4) is 0 Å². The van der Waals surface area contributed by atoms with Gasteiger partial charge in [-0.05, 0) is 10.3 Å². The van der Waals surface area contributed by atoms with E-state index >= 15 is 0 Å². The molecule has 0 atom stereocenters. The summed E-state index contributed by atoms with van der Waals surface area (Å²) >= 11 is -0.106. The molecule has 2 rings (SSSR count). The molecule has 23 heavy (non-hydrogen) atoms. The van der Waals surface area contributed by atoms with Gasteiger partial charge in [-0.15, -0.1) is 13.2 Å². The van der Waals surface area contributed by atoms with Gasteiger partial charge in [0.2, 0.25) is 0 Å². The van der Waals surface area contributed by atoms with Crippen LogP contribution in [0.4, 0.5) is 0 Å². The summed E-state index contributed by atoms with van der Waals surface area (Å²) in [6.07, 6.45) is 0. The van der Waals surface area contributed by atoms with Gasteiger partial charge in [-0.1, -0.05) is 41.5 Å². The van der Waals surface area contributed by atoms with E-state index in [9.17, 15) is 0 Å². The van der Waals surface area contributed by atoms with Gasteiger partial charge in [-0.25, -0.2) is 12.1 Å². The van der Waals surface area contributed by atoms with Crippen molar-refractivity contribution in [2.75, 3.05) is 0 Å². The monoisotopic (exact) mass is 506 g/mol. The quantitative estimate of drug-likeness (QED) is 0.224. The van der Waals surface area contributed by atoms with Crippen LogP contribution in [-0.4, -0.2) is 10.3 Å². The Bertz CT molecular complexity index is 425. The van der Waals surface area contributed by atoms with Gasteiger partial charge in [0.05, 0.1) is 0 Å². The summed E-state index contributed by atoms with van der Waals surface area (Å²) in [4.78, 5) is 0. The third-order valence-electron chi connectivity index (χ3n) is 2.80. The van der Waals surface area contributed by atoms with Crippen molar-refractivity contribution in [1.82, 2.24) is 0 Å². The van der Waals surface area contributed by atoms with E-state index in [1.54, 1.807) is 5.30 Å². The standard InChI is InChI=1S/C13H22P.C5H5.2ClH.Fe.Pd/c1-12(2,3)14(13(4,5)6)11-9-7-8-10-11;1-2-4-5-3-1;;;;/h7-10H,1-6H3;1-5H;2*1H;;/q-1;-5;;;;+2/p-2. The predicted molar refractivity (Wildman–Crippen MR) is 102 cm³/mol. The van der Waals surface area contributed by atoms with E-state index in [1.165, 1.54) is 0 Å². The minimum Gasteiger partial charge on any atom is -0.748 e. The van der Waals surface area contributed by atoms with Crippen LogP contribution in [0.5, 0.6) is 0 Å². The number of rotatable bonds is 1. The molecule has 2 aromatic carbocycles. The number of hydrogen-bond acceptors (Lipinski definition) is 0. The second-order valence-electron chi connectivity index (χ2n) is 6.83. The molecule has 5 heteroatoms. The van der Waals surface area contributed by atoms with Crippen LogP contribution in [0.1, 0.15) is 41.5 Å². The van der Waals surface area contributed by atoms with Crippen LogP contribution in [0.3, 0.4) is 0 Å². The summed E-state index contributed by atoms with van der Waals surface area (Å²) in [6.45, 7) is 14.1. The van der Waals surface area contributed by atoms with E-state index in [4.69, 9.17) is 19.1 Å². The zero-order valence-electron chi connectivity index (χ0n) is 14.6. The molecule has 0 saturated heterocycles. The molecule has 0 bridgehead atoms. The fourth-order valence-corrected chi connectivity index (χ4v) is 6.65. The Hall–Kier alpha value is 0.892. The van der Waals surface area contributed by atoms with Gasteiger partial charge in [0.15, 0.2) is 0 Å². The van der Waals surface area contributed by atoms with Crippen LogP contribution >= 0.6 is 27.0 Å². The van der Waals surface area contributed by atoms with Gasteiger partial charge < -0.3 is 30.3 Å². The van der Waals surface area contributed by atoms with Gasteiger partial charge in [-0.2, -0.15) is 12.1 Å². The van der Waals surface area contributed by atoms with Gasteiger partial charge in [-0.3, -0.25) is 0 Å². The van der Waals surface area contributed by atoms with Crippen molar-refractivity contribution < 1.29 is 33.0 Å². The normalized spacial score (nSPS) is 11.0. The predicted octanol–water partition coefficient (Wildman–Crippen LogP) is 6.89. The molecule has 142 valence electrons. The second kappa shape index (κ2) is 13.1. The summed E-state index contributed by atoms with van der Waals surface area (Å²) in [7, 11) is 9.53. The third-order valence-corrected chi connectivity index (χ3v) is 6.30. The van der Waals surface area contributed by atoms with Crippen molar-refractivity contribution >= 4 is 32.3 Å². The molecule has 2 aromatic rings. The summed E-state index contributed by atoms with van der Waals surface area (Å²) < 4.78 is 0. The van der Waals surface area contributed by atoms with E-state index in [2.05, 4.69) is 65.8 Å². The maximum absolute atomic E-state index is 4.81. The fourth-order valence-electron chi connectivity index (χ4n) is 2.61. The SMILES string of the molecule is CC(C)(C)P([c-]1cccc1)C(C)(C)C.[Cl][Pd][Cl].[Fe].[cH-]1[cH-][cH-][cH-][cH-]1. The fraction of sp³-hybridized carbons (Fsp3) is 0.444. The summed E-state index contributed by atoms with van der Waals surface area (Å²) in [5.41, 5.74) is 0. The average molecular weight is 508 g/mol. The van der Waals surface area contributed by atoms with Crippen LogP contribution < -0.4 is 5.30 Å². The Morgan fingerprint density at radius 3 is 1.26 bits per heavy atom. The molecule has 0 radical (unpaired) electrons. The maximum atomic E-state index is 4.81. The zero-order chi connectivity index (χ0) is 17.2. The zero-order valence-corrected chi connectivity index (χ0v) is 19.6. The van der Waals surface area contributed by atoms with E-state index < -0.39 is 0 Å². The van der Waals surface area contributed by atoms with Crippen LogP contribution in [0.2, 0.25) is 0 Å². The molecule has 0 aliphatic heterocycles. The minimum atomic E-state index is -0.106. The van der Waals surface area contributed by atoms with Crippen LogP contribution in [0.15, 0.2) is 54.6 Å². The molecule has 0 nitrogen and oxygen atoms in total. The van der Waals surface area contributed by atoms with Crippen LogP contribution in [-0.2, 0) is 33.0 Å². The molecule has 0 spiro atoms. The van der Waals surface area contributed by atoms with E-state index in [0.717, 1.165) is 0 Å². The molecule has 0 aliphatic rings. The Morgan fingerprint density at radius 2 is 1.04 bits per heavy atom. The van der Waals surface area contributed by atoms with Gasteiger partial charge >= 0.3 is 35.0 Å². The van der Waals surface area contributed by atoms with Gasteiger partial charge in [0, 0.05) is 17.1 Å². The molecule has 0 saturated carbocycles. The Labute approximate surface area is 170 Å². The molecule has 0 N–H and O–H groups in total. The number of halogens is 2. The van der Waals surface area contributed by atoms with Crippen LogP contribution in [0, 0.1) is 0 Å².